The van der Waals surface area contributed by atoms with Gasteiger partial charge in [-0.1, -0.05) is 0 Å². The van der Waals surface area contributed by atoms with E-state index in [0.717, 1.165) is 10.9 Å². The first-order valence-corrected chi connectivity index (χ1v) is 2.46. The minimum atomic E-state index is -1.21. The molecule has 0 fully saturated rings. The van der Waals surface area contributed by atoms with Gasteiger partial charge in [-0.25, -0.2) is 14.3 Å². The van der Waals surface area contributed by atoms with Crippen LogP contribution in [0.25, 0.3) is 0 Å². The highest BCUT2D eigenvalue weighted by Crippen LogP contribution is 1.93. The van der Waals surface area contributed by atoms with Gasteiger partial charge in [-0.05, 0) is 0 Å². The minimum Gasteiger partial charge on any atom is -0.464 e. The lowest BCUT2D eigenvalue weighted by molar-refractivity contribution is 0.111. The maximum Gasteiger partial charge on any atom is 0.417 e. The Balaban J connectivity index is 3.13. The molecular formula is C5H4N2O3. The molecule has 0 saturated carbocycles. The van der Waals surface area contributed by atoms with E-state index in [0.29, 0.717) is 6.29 Å². The summed E-state index contributed by atoms with van der Waals surface area (Å²) in [6.07, 6.45) is 1.47. The molecule has 0 spiro atoms. The molecule has 1 aromatic rings. The first-order valence-electron chi connectivity index (χ1n) is 2.46. The fourth-order valence-corrected chi connectivity index (χ4v) is 0.552. The molecule has 5 heteroatoms. The van der Waals surface area contributed by atoms with Crippen molar-refractivity contribution in [1.82, 2.24) is 9.55 Å². The number of rotatable bonds is 1. The van der Waals surface area contributed by atoms with Crippen LogP contribution in [0.15, 0.2) is 12.5 Å². The van der Waals surface area contributed by atoms with Crippen molar-refractivity contribution < 1.29 is 14.7 Å². The normalized spacial score (nSPS) is 9.20. The fraction of sp³-hybridized carbons (Fsp3) is 0. The maximum absolute atomic E-state index is 10.2. The van der Waals surface area contributed by atoms with Crippen LogP contribution in [-0.4, -0.2) is 27.0 Å². The Morgan fingerprint density at radius 2 is 2.50 bits per heavy atom. The molecule has 0 aliphatic rings. The second-order valence-electron chi connectivity index (χ2n) is 1.59. The van der Waals surface area contributed by atoms with Gasteiger partial charge >= 0.3 is 6.09 Å². The molecule has 0 atom stereocenters. The molecule has 1 rings (SSSR count). The van der Waals surface area contributed by atoms with Crippen molar-refractivity contribution in [2.24, 2.45) is 0 Å². The van der Waals surface area contributed by atoms with Crippen LogP contribution in [0.1, 0.15) is 10.5 Å². The predicted octanol–water partition coefficient (Wildman–Crippen LogP) is 0.222. The zero-order chi connectivity index (χ0) is 7.56. The molecule has 0 aliphatic heterocycles. The highest BCUT2D eigenvalue weighted by atomic mass is 16.4. The minimum absolute atomic E-state index is 0.0347. The number of aromatic nitrogens is 2. The largest absolute Gasteiger partial charge is 0.464 e. The molecule has 0 aromatic carbocycles. The Kier molecular flexibility index (Phi) is 1.49. The fourth-order valence-electron chi connectivity index (χ4n) is 0.552. The number of imidazole rings is 1. The summed E-state index contributed by atoms with van der Waals surface area (Å²) in [6.45, 7) is 0. The van der Waals surface area contributed by atoms with Gasteiger partial charge in [-0.15, -0.1) is 0 Å². The first kappa shape index (κ1) is 6.47. The molecule has 5 nitrogen and oxygen atoms in total. The molecule has 1 aromatic heterocycles. The average Bonchev–Trinajstić information content (AvgIpc) is 2.33. The summed E-state index contributed by atoms with van der Waals surface area (Å²) < 4.78 is 0.743. The quantitative estimate of drug-likeness (QED) is 0.566. The third kappa shape index (κ3) is 0.883. The van der Waals surface area contributed by atoms with E-state index >= 15 is 0 Å². The molecule has 0 amide bonds. The monoisotopic (exact) mass is 140 g/mol. The van der Waals surface area contributed by atoms with E-state index in [1.807, 2.05) is 0 Å². The van der Waals surface area contributed by atoms with Crippen LogP contribution in [0.3, 0.4) is 0 Å². The third-order valence-corrected chi connectivity index (χ3v) is 0.994. The smallest absolute Gasteiger partial charge is 0.417 e. The number of carbonyl (C=O) groups excluding carboxylic acids is 1. The highest BCUT2D eigenvalue weighted by Gasteiger charge is 2.05. The van der Waals surface area contributed by atoms with Crippen molar-refractivity contribution >= 4 is 12.4 Å². The van der Waals surface area contributed by atoms with Gasteiger partial charge in [0.05, 0.1) is 6.20 Å². The Bertz CT molecular complexity index is 266. The molecule has 0 saturated heterocycles. The van der Waals surface area contributed by atoms with E-state index in [1.54, 1.807) is 0 Å². The summed E-state index contributed by atoms with van der Waals surface area (Å²) in [5.41, 5.74) is 0.0347. The van der Waals surface area contributed by atoms with Gasteiger partial charge in [0.1, 0.15) is 12.0 Å². The summed E-state index contributed by atoms with van der Waals surface area (Å²) in [7, 11) is 0. The van der Waals surface area contributed by atoms with Crippen molar-refractivity contribution in [2.45, 2.75) is 0 Å². The number of nitrogens with zero attached hydrogens (tertiary/aromatic N) is 2. The van der Waals surface area contributed by atoms with Gasteiger partial charge in [-0.2, -0.15) is 0 Å². The van der Waals surface area contributed by atoms with Gasteiger partial charge in [0.25, 0.3) is 0 Å². The van der Waals surface area contributed by atoms with Gasteiger partial charge in [0, 0.05) is 0 Å². The summed E-state index contributed by atoms with van der Waals surface area (Å²) in [5.74, 6) is 0. The van der Waals surface area contributed by atoms with Crippen molar-refractivity contribution in [2.75, 3.05) is 0 Å². The van der Waals surface area contributed by atoms with E-state index in [4.69, 9.17) is 5.11 Å². The SMILES string of the molecule is O=Cc1cncn1C(=O)O. The van der Waals surface area contributed by atoms with Crippen LogP contribution in [0.5, 0.6) is 0 Å². The van der Waals surface area contributed by atoms with Crippen LogP contribution in [0, 0.1) is 0 Å². The lowest BCUT2D eigenvalue weighted by atomic mass is 10.5. The average molecular weight is 140 g/mol. The zero-order valence-electron chi connectivity index (χ0n) is 4.89. The van der Waals surface area contributed by atoms with Crippen LogP contribution in [-0.2, 0) is 0 Å². The van der Waals surface area contributed by atoms with E-state index < -0.39 is 6.09 Å². The lowest BCUT2D eigenvalue weighted by Gasteiger charge is -1.91. The van der Waals surface area contributed by atoms with Crippen molar-refractivity contribution in [3.63, 3.8) is 0 Å². The summed E-state index contributed by atoms with van der Waals surface area (Å²) in [6, 6.07) is 0. The van der Waals surface area contributed by atoms with Crippen molar-refractivity contribution in [1.29, 1.82) is 0 Å². The summed E-state index contributed by atoms with van der Waals surface area (Å²) in [5, 5.41) is 8.35. The van der Waals surface area contributed by atoms with E-state index in [9.17, 15) is 9.59 Å². The number of hydrogen-bond acceptors (Lipinski definition) is 3. The molecule has 1 N–H and O–H groups in total. The Hall–Kier alpha value is -1.65. The third-order valence-electron chi connectivity index (χ3n) is 0.994. The number of carboxylic acid groups (broad SMARTS) is 1. The Morgan fingerprint density at radius 1 is 1.80 bits per heavy atom. The van der Waals surface area contributed by atoms with Crippen LogP contribution in [0.4, 0.5) is 4.79 Å². The lowest BCUT2D eigenvalue weighted by Crippen LogP contribution is -2.09. The molecule has 0 aliphatic carbocycles. The molecule has 0 unspecified atom stereocenters. The van der Waals surface area contributed by atoms with E-state index in [2.05, 4.69) is 4.98 Å². The van der Waals surface area contributed by atoms with Crippen molar-refractivity contribution in [3.8, 4) is 0 Å². The number of carbonyl (C=O) groups is 2. The molecule has 1 heterocycles. The van der Waals surface area contributed by atoms with E-state index in [1.165, 1.54) is 6.20 Å². The Labute approximate surface area is 55.9 Å². The molecule has 52 valence electrons. The molecule has 10 heavy (non-hydrogen) atoms. The van der Waals surface area contributed by atoms with Crippen LogP contribution in [0.2, 0.25) is 0 Å². The highest BCUT2D eigenvalue weighted by molar-refractivity contribution is 5.80. The topological polar surface area (TPSA) is 72.2 Å². The molecule has 0 bridgehead atoms. The summed E-state index contributed by atoms with van der Waals surface area (Å²) in [4.78, 5) is 23.7. The number of aldehydes is 1. The van der Waals surface area contributed by atoms with Gasteiger partial charge in [0.2, 0.25) is 0 Å². The summed E-state index contributed by atoms with van der Waals surface area (Å²) >= 11 is 0. The Morgan fingerprint density at radius 3 is 2.90 bits per heavy atom. The van der Waals surface area contributed by atoms with Gasteiger partial charge in [0.15, 0.2) is 6.29 Å². The standard InChI is InChI=1S/C5H4N2O3/c8-2-4-1-6-3-7(4)5(9)10/h1-3H,(H,9,10). The van der Waals surface area contributed by atoms with Gasteiger partial charge in [-0.3, -0.25) is 4.79 Å². The second kappa shape index (κ2) is 2.30. The molecular weight excluding hydrogens is 136 g/mol. The first-order chi connectivity index (χ1) is 4.75. The predicted molar refractivity (Wildman–Crippen MR) is 31.0 cm³/mol. The number of hydrogen-bond donors (Lipinski definition) is 1. The van der Waals surface area contributed by atoms with Crippen LogP contribution >= 0.6 is 0 Å². The van der Waals surface area contributed by atoms with Crippen LogP contribution < -0.4 is 0 Å². The van der Waals surface area contributed by atoms with Gasteiger partial charge < -0.3 is 5.11 Å². The van der Waals surface area contributed by atoms with E-state index in [-0.39, 0.29) is 5.69 Å². The molecule has 0 radical (unpaired) electrons. The maximum atomic E-state index is 10.2. The van der Waals surface area contributed by atoms with Crippen molar-refractivity contribution in [3.05, 3.63) is 18.2 Å². The second-order valence-corrected chi connectivity index (χ2v) is 1.59. The zero-order valence-corrected chi connectivity index (χ0v) is 4.89.